The smallest absolute Gasteiger partial charge is 0.342 e. The number of carbonyl (C=O) groups excluding carboxylic acids is 7. The highest BCUT2D eigenvalue weighted by atomic mass is 19.3. The van der Waals surface area contributed by atoms with Gasteiger partial charge in [-0.1, -0.05) is 18.9 Å². The molecule has 4 aliphatic heterocycles. The molecule has 0 spiro atoms. The average Bonchev–Trinajstić information content (AvgIpc) is 3.87. The van der Waals surface area contributed by atoms with Crippen LogP contribution in [0.2, 0.25) is 0 Å². The van der Waals surface area contributed by atoms with Crippen LogP contribution in [0.4, 0.5) is 41.7 Å². The number of fused-ring (bicyclic) bond motifs is 2. The van der Waals surface area contributed by atoms with E-state index < -0.39 is 59.8 Å². The number of aromatic nitrogens is 1. The molecule has 332 valence electrons. The van der Waals surface area contributed by atoms with Crippen molar-refractivity contribution in [1.29, 1.82) is 0 Å². The maximum Gasteiger partial charge on any atom is 0.342 e. The Balaban J connectivity index is 0.857. The number of anilines is 5. The first-order chi connectivity index (χ1) is 30.1. The molecule has 5 heterocycles. The predicted octanol–water partition coefficient (Wildman–Crippen LogP) is 3.96. The van der Waals surface area contributed by atoms with Crippen LogP contribution in [0.25, 0.3) is 0 Å². The van der Waals surface area contributed by atoms with E-state index in [2.05, 4.69) is 26.3 Å². The third-order valence-corrected chi connectivity index (χ3v) is 12.4. The fraction of sp³-hybridized carbons (Fsp3) is 0.442. The van der Waals surface area contributed by atoms with Crippen molar-refractivity contribution >= 4 is 69.9 Å². The number of nitrogens with one attached hydrogen (secondary N) is 4. The quantitative estimate of drug-likeness (QED) is 0.203. The van der Waals surface area contributed by atoms with Crippen molar-refractivity contribution in [2.24, 2.45) is 0 Å². The van der Waals surface area contributed by atoms with Crippen LogP contribution in [0.5, 0.6) is 5.75 Å². The maximum atomic E-state index is 15.7. The van der Waals surface area contributed by atoms with Gasteiger partial charge in [-0.2, -0.15) is 8.78 Å². The van der Waals surface area contributed by atoms with Gasteiger partial charge in [0.25, 0.3) is 23.6 Å². The second-order valence-electron chi connectivity index (χ2n) is 16.3. The van der Waals surface area contributed by atoms with Crippen LogP contribution in [-0.4, -0.2) is 121 Å². The number of hydrogen-bond acceptors (Lipinski definition) is 12. The Morgan fingerprint density at radius 2 is 1.70 bits per heavy atom. The molecule has 1 aliphatic carbocycles. The summed E-state index contributed by atoms with van der Waals surface area (Å²) in [5, 5.41) is 11.1. The number of piperidine rings is 2. The minimum absolute atomic E-state index is 0.000919. The van der Waals surface area contributed by atoms with Gasteiger partial charge in [0, 0.05) is 69.4 Å². The van der Waals surface area contributed by atoms with Gasteiger partial charge in [-0.25, -0.2) is 9.37 Å². The van der Waals surface area contributed by atoms with E-state index in [4.69, 9.17) is 4.74 Å². The Bertz CT molecular complexity index is 2400. The summed E-state index contributed by atoms with van der Waals surface area (Å²) in [6.07, 6.45) is 5.35. The number of alkyl halides is 2. The summed E-state index contributed by atoms with van der Waals surface area (Å²) in [6.45, 7) is -0.00798. The second-order valence-corrected chi connectivity index (χ2v) is 16.3. The van der Waals surface area contributed by atoms with E-state index in [1.807, 2.05) is 0 Å². The largest absolute Gasteiger partial charge is 0.495 e. The Labute approximate surface area is 359 Å². The predicted molar refractivity (Wildman–Crippen MR) is 222 cm³/mol. The number of nitrogens with zero attached hydrogens (tertiary/aromatic N) is 5. The van der Waals surface area contributed by atoms with Gasteiger partial charge < -0.3 is 35.4 Å². The molecule has 1 atom stereocenters. The maximum absolute atomic E-state index is 15.7. The zero-order valence-corrected chi connectivity index (χ0v) is 34.6. The van der Waals surface area contributed by atoms with Crippen molar-refractivity contribution in [2.75, 3.05) is 60.8 Å². The van der Waals surface area contributed by atoms with Crippen LogP contribution in [0.3, 0.4) is 0 Å². The summed E-state index contributed by atoms with van der Waals surface area (Å²) in [6, 6.07) is 6.89. The van der Waals surface area contributed by atoms with Crippen molar-refractivity contribution in [3.05, 3.63) is 65.1 Å². The standard InChI is InChI=1S/C43H46F3N9O8/c1-52-32-21-48-34(20-31(32)54(24-6-3-4-7-24)22-43(45,46)42(52)62)50-29-19-27(44)26(18-33(29)63-2)38(58)49-23-13-16-53(17-14-23)36(57)12-15-47-28-9-5-8-25-37(28)41(61)55(40(25)60)30-10-11-35(56)51-39(30)59/h5,8-9,18-21,23-24,30,47H,3-4,6-7,10-17,22H2,1-2H3,(H,48,50)(H,49,58)(H,51,56,59). The van der Waals surface area contributed by atoms with E-state index in [9.17, 15) is 33.6 Å². The molecule has 17 nitrogen and oxygen atoms in total. The SMILES string of the molecule is COc1cc(C(=O)NC2CCN(C(=O)CCNc3cccc4c3C(=O)N(C3CCC(=O)NC3=O)C4=O)CC2)c(F)cc1Nc1cc2c(cn1)N(C)C(=O)C(F)(F)CN2C1CCCC1. The van der Waals surface area contributed by atoms with Gasteiger partial charge in [-0.05, 0) is 50.3 Å². The van der Waals surface area contributed by atoms with Crippen molar-refractivity contribution in [2.45, 2.75) is 81.8 Å². The third-order valence-electron chi connectivity index (χ3n) is 12.4. The van der Waals surface area contributed by atoms with Crippen LogP contribution in [-0.2, 0) is 19.2 Å². The highest BCUT2D eigenvalue weighted by Gasteiger charge is 2.49. The minimum atomic E-state index is -3.62. The number of rotatable bonds is 11. The lowest BCUT2D eigenvalue weighted by molar-refractivity contribution is -0.140. The minimum Gasteiger partial charge on any atom is -0.495 e. The Kier molecular flexibility index (Phi) is 11.7. The molecule has 2 saturated heterocycles. The van der Waals surface area contributed by atoms with E-state index in [1.165, 1.54) is 32.5 Å². The first-order valence-corrected chi connectivity index (χ1v) is 20.9. The van der Waals surface area contributed by atoms with Crippen molar-refractivity contribution in [3.8, 4) is 5.75 Å². The molecule has 1 saturated carbocycles. The molecule has 1 unspecified atom stereocenters. The molecule has 20 heteroatoms. The molecule has 8 rings (SSSR count). The molecule has 4 N–H and O–H groups in total. The highest BCUT2D eigenvalue weighted by Crippen LogP contribution is 2.42. The van der Waals surface area contributed by atoms with Crippen molar-refractivity contribution in [1.82, 2.24) is 25.4 Å². The van der Waals surface area contributed by atoms with Gasteiger partial charge >= 0.3 is 5.92 Å². The van der Waals surface area contributed by atoms with E-state index >= 15 is 13.2 Å². The number of benzene rings is 2. The molecule has 2 aromatic carbocycles. The summed E-state index contributed by atoms with van der Waals surface area (Å²) in [7, 11) is 2.63. The van der Waals surface area contributed by atoms with Gasteiger partial charge in [-0.3, -0.25) is 43.8 Å². The number of ether oxygens (including phenoxy) is 1. The average molecular weight is 874 g/mol. The molecule has 5 aliphatic rings. The van der Waals surface area contributed by atoms with Crippen LogP contribution in [0.15, 0.2) is 42.6 Å². The monoisotopic (exact) mass is 873 g/mol. The molecule has 63 heavy (non-hydrogen) atoms. The lowest BCUT2D eigenvalue weighted by atomic mass is 10.0. The topological polar surface area (TPSA) is 203 Å². The number of carbonyl (C=O) groups is 7. The van der Waals surface area contributed by atoms with Gasteiger partial charge in [0.05, 0.1) is 53.6 Å². The normalized spacial score (nSPS) is 20.3. The Hall–Kier alpha value is -6.73. The molecule has 0 radical (unpaired) electrons. The summed E-state index contributed by atoms with van der Waals surface area (Å²) < 4.78 is 51.3. The number of pyridine rings is 1. The van der Waals surface area contributed by atoms with Crippen LogP contribution in [0.1, 0.15) is 88.9 Å². The lowest BCUT2D eigenvalue weighted by Gasteiger charge is -2.32. The highest BCUT2D eigenvalue weighted by molar-refractivity contribution is 6.25. The summed E-state index contributed by atoms with van der Waals surface area (Å²) >= 11 is 0. The molecular formula is C43H46F3N9O8. The van der Waals surface area contributed by atoms with Gasteiger partial charge in [0.1, 0.15) is 23.4 Å². The van der Waals surface area contributed by atoms with Gasteiger partial charge in [-0.15, -0.1) is 0 Å². The Morgan fingerprint density at radius 3 is 2.41 bits per heavy atom. The van der Waals surface area contributed by atoms with E-state index in [1.54, 1.807) is 28.0 Å². The number of likely N-dealkylation sites (tertiary alicyclic amines) is 1. The van der Waals surface area contributed by atoms with Gasteiger partial charge in [0.15, 0.2) is 0 Å². The zero-order valence-electron chi connectivity index (χ0n) is 34.6. The lowest BCUT2D eigenvalue weighted by Crippen LogP contribution is -2.54. The number of hydrogen-bond donors (Lipinski definition) is 4. The summed E-state index contributed by atoms with van der Waals surface area (Å²) in [4.78, 5) is 99.2. The van der Waals surface area contributed by atoms with Gasteiger partial charge in [0.2, 0.25) is 17.7 Å². The molecule has 7 amide bonds. The second kappa shape index (κ2) is 17.2. The molecular weight excluding hydrogens is 828 g/mol. The fourth-order valence-electron chi connectivity index (χ4n) is 9.05. The first-order valence-electron chi connectivity index (χ1n) is 20.9. The number of methoxy groups -OCH3 is 1. The molecule has 3 aromatic rings. The number of halogens is 3. The summed E-state index contributed by atoms with van der Waals surface area (Å²) in [5.41, 5.74) is 1.00. The van der Waals surface area contributed by atoms with Crippen LogP contribution in [0, 0.1) is 5.82 Å². The Morgan fingerprint density at radius 1 is 0.952 bits per heavy atom. The summed E-state index contributed by atoms with van der Waals surface area (Å²) in [5.74, 6) is -8.85. The molecule has 1 aromatic heterocycles. The molecule has 3 fully saturated rings. The first kappa shape index (κ1) is 42.9. The van der Waals surface area contributed by atoms with E-state index in [0.717, 1.165) is 28.7 Å². The molecule has 0 bridgehead atoms. The van der Waals surface area contributed by atoms with Crippen LogP contribution < -0.4 is 35.8 Å². The zero-order chi connectivity index (χ0) is 44.7. The number of imide groups is 2. The number of amides is 7. The third kappa shape index (κ3) is 8.32. The van der Waals surface area contributed by atoms with Crippen LogP contribution >= 0.6 is 0 Å². The van der Waals surface area contributed by atoms with E-state index in [0.29, 0.717) is 50.1 Å². The fourth-order valence-corrected chi connectivity index (χ4v) is 9.05. The van der Waals surface area contributed by atoms with Crippen molar-refractivity contribution in [3.63, 3.8) is 0 Å². The van der Waals surface area contributed by atoms with Crippen molar-refractivity contribution < 1.29 is 51.5 Å². The van der Waals surface area contributed by atoms with E-state index in [-0.39, 0.29) is 83.4 Å².